The minimum Gasteiger partial charge on any atom is -0.481 e. The summed E-state index contributed by atoms with van der Waals surface area (Å²) in [4.78, 5) is 26.2. The van der Waals surface area contributed by atoms with Crippen molar-refractivity contribution in [3.8, 4) is 0 Å². The second-order valence-corrected chi connectivity index (χ2v) is 8.55. The van der Waals surface area contributed by atoms with Gasteiger partial charge in [0.1, 0.15) is 5.82 Å². The number of aliphatic carboxylic acids is 1. The largest absolute Gasteiger partial charge is 0.481 e. The summed E-state index contributed by atoms with van der Waals surface area (Å²) >= 11 is 0. The molecule has 0 saturated carbocycles. The number of hydrogen-bond donors (Lipinski definition) is 3. The number of carboxylic acid groups (broad SMARTS) is 1. The van der Waals surface area contributed by atoms with Crippen molar-refractivity contribution in [2.45, 2.75) is 19.4 Å². The summed E-state index contributed by atoms with van der Waals surface area (Å²) < 4.78 is 13.8. The number of carbonyl (C=O) groups is 2. The summed E-state index contributed by atoms with van der Waals surface area (Å²) in [5.74, 6) is -1.63. The van der Waals surface area contributed by atoms with Gasteiger partial charge in [0, 0.05) is 24.2 Å². The van der Waals surface area contributed by atoms with Crippen LogP contribution in [0.2, 0.25) is 0 Å². The van der Waals surface area contributed by atoms with Gasteiger partial charge in [-0.3, -0.25) is 9.59 Å². The molecule has 1 amide bonds. The first-order valence-corrected chi connectivity index (χ1v) is 11.0. The molecule has 0 fully saturated rings. The van der Waals surface area contributed by atoms with Crippen molar-refractivity contribution in [2.24, 2.45) is 0 Å². The molecule has 174 valence electrons. The van der Waals surface area contributed by atoms with Crippen LogP contribution >= 0.6 is 0 Å². The Morgan fingerprint density at radius 3 is 2.56 bits per heavy atom. The molecular formula is C27H26FN3O3. The third-order valence-electron chi connectivity index (χ3n) is 5.51. The van der Waals surface area contributed by atoms with Crippen LogP contribution in [0.4, 0.5) is 15.8 Å². The van der Waals surface area contributed by atoms with E-state index < -0.39 is 11.8 Å². The van der Waals surface area contributed by atoms with Crippen molar-refractivity contribution in [3.05, 3.63) is 94.8 Å². The molecule has 0 spiro atoms. The fourth-order valence-corrected chi connectivity index (χ4v) is 4.06. The molecule has 3 N–H and O–H groups in total. The molecule has 0 aromatic heterocycles. The number of nitrogens with one attached hydrogen (secondary N) is 2. The van der Waals surface area contributed by atoms with Crippen molar-refractivity contribution in [1.29, 1.82) is 0 Å². The Morgan fingerprint density at radius 2 is 1.79 bits per heavy atom. The van der Waals surface area contributed by atoms with E-state index in [9.17, 15) is 14.0 Å². The maximum absolute atomic E-state index is 13.8. The molecule has 0 atom stereocenters. The number of benzene rings is 3. The molecular weight excluding hydrogens is 433 g/mol. The number of hydrogen-bond acceptors (Lipinski definition) is 4. The highest BCUT2D eigenvalue weighted by atomic mass is 19.1. The van der Waals surface area contributed by atoms with E-state index in [4.69, 9.17) is 5.11 Å². The van der Waals surface area contributed by atoms with Crippen molar-refractivity contribution in [3.63, 3.8) is 0 Å². The summed E-state index contributed by atoms with van der Waals surface area (Å²) in [6.07, 6.45) is 0.385. The normalized spacial score (nSPS) is 14.1. The number of carbonyl (C=O) groups excluding carboxylic acids is 1. The molecule has 1 heterocycles. The third kappa shape index (κ3) is 5.32. The Labute approximate surface area is 197 Å². The molecule has 0 bridgehead atoms. The van der Waals surface area contributed by atoms with Gasteiger partial charge in [0.25, 0.3) is 5.91 Å². The monoisotopic (exact) mass is 459 g/mol. The number of fused-ring (bicyclic) bond motifs is 1. The zero-order valence-corrected chi connectivity index (χ0v) is 19.1. The van der Waals surface area contributed by atoms with E-state index in [1.807, 2.05) is 62.6 Å². The molecule has 1 aliphatic heterocycles. The third-order valence-corrected chi connectivity index (χ3v) is 5.51. The lowest BCUT2D eigenvalue weighted by molar-refractivity contribution is -0.137. The van der Waals surface area contributed by atoms with Crippen LogP contribution in [-0.4, -0.2) is 36.0 Å². The summed E-state index contributed by atoms with van der Waals surface area (Å²) in [7, 11) is 3.99. The predicted molar refractivity (Wildman–Crippen MR) is 132 cm³/mol. The Balaban J connectivity index is 1.82. The Morgan fingerprint density at radius 1 is 1.03 bits per heavy atom. The van der Waals surface area contributed by atoms with Crippen LogP contribution in [0.1, 0.15) is 28.7 Å². The summed E-state index contributed by atoms with van der Waals surface area (Å²) in [5.41, 5.74) is 5.50. The van der Waals surface area contributed by atoms with E-state index in [0.29, 0.717) is 28.9 Å². The molecule has 3 aromatic carbocycles. The molecule has 0 unspecified atom stereocenters. The van der Waals surface area contributed by atoms with E-state index in [1.54, 1.807) is 6.07 Å². The SMILES string of the molecule is CN(C)Cc1cccc(N/C(=C2\C(=O)Nc3cc(F)ccc32)c2cccc(CCC(=O)O)c2)c1. The van der Waals surface area contributed by atoms with Gasteiger partial charge < -0.3 is 20.6 Å². The topological polar surface area (TPSA) is 81.7 Å². The predicted octanol–water partition coefficient (Wildman–Crippen LogP) is 4.84. The molecule has 0 aliphatic carbocycles. The van der Waals surface area contributed by atoms with E-state index >= 15 is 0 Å². The van der Waals surface area contributed by atoms with E-state index in [1.165, 1.54) is 12.1 Å². The van der Waals surface area contributed by atoms with Gasteiger partial charge in [-0.1, -0.05) is 30.3 Å². The molecule has 7 heteroatoms. The lowest BCUT2D eigenvalue weighted by Gasteiger charge is -2.17. The number of amides is 1. The number of aryl methyl sites for hydroxylation is 1. The van der Waals surface area contributed by atoms with Gasteiger partial charge in [-0.05, 0) is 73.6 Å². The van der Waals surface area contributed by atoms with Crippen LogP contribution in [0.15, 0.2) is 66.7 Å². The second-order valence-electron chi connectivity index (χ2n) is 8.55. The highest BCUT2D eigenvalue weighted by Crippen LogP contribution is 2.38. The van der Waals surface area contributed by atoms with Gasteiger partial charge in [-0.15, -0.1) is 0 Å². The van der Waals surface area contributed by atoms with E-state index in [0.717, 1.165) is 28.9 Å². The molecule has 4 rings (SSSR count). The number of nitrogens with zero attached hydrogens (tertiary/aromatic N) is 1. The van der Waals surface area contributed by atoms with Gasteiger partial charge in [-0.2, -0.15) is 0 Å². The van der Waals surface area contributed by atoms with Crippen LogP contribution in [0.5, 0.6) is 0 Å². The van der Waals surface area contributed by atoms with Crippen LogP contribution in [0.25, 0.3) is 11.3 Å². The smallest absolute Gasteiger partial charge is 0.303 e. The zero-order valence-electron chi connectivity index (χ0n) is 19.1. The van der Waals surface area contributed by atoms with Crippen LogP contribution in [0.3, 0.4) is 0 Å². The van der Waals surface area contributed by atoms with Gasteiger partial charge in [0.05, 0.1) is 17.0 Å². The number of anilines is 2. The van der Waals surface area contributed by atoms with Crippen molar-refractivity contribution < 1.29 is 19.1 Å². The van der Waals surface area contributed by atoms with Gasteiger partial charge in [0.15, 0.2) is 0 Å². The van der Waals surface area contributed by atoms with Gasteiger partial charge in [-0.25, -0.2) is 4.39 Å². The molecule has 3 aromatic rings. The van der Waals surface area contributed by atoms with Crippen LogP contribution < -0.4 is 10.6 Å². The van der Waals surface area contributed by atoms with Crippen LogP contribution in [0, 0.1) is 5.82 Å². The first-order valence-electron chi connectivity index (χ1n) is 11.0. The highest BCUT2D eigenvalue weighted by Gasteiger charge is 2.29. The standard InChI is InChI=1S/C27H26FN3O3/c1-31(2)16-18-6-4-8-21(14-18)29-26(19-7-3-5-17(13-19)9-12-24(32)33)25-22-11-10-20(28)15-23(22)30-27(25)34/h3-8,10-11,13-15,29H,9,12,16H2,1-2H3,(H,30,34)(H,32,33)/b26-25-. The average Bonchev–Trinajstić information content (AvgIpc) is 3.10. The number of rotatable bonds is 8. The molecule has 0 saturated heterocycles. The highest BCUT2D eigenvalue weighted by molar-refractivity contribution is 6.37. The molecule has 1 aliphatic rings. The van der Waals surface area contributed by atoms with Crippen molar-refractivity contribution in [1.82, 2.24) is 4.90 Å². The Hall–Kier alpha value is -3.97. The summed E-state index contributed by atoms with van der Waals surface area (Å²) in [6, 6.07) is 19.6. The van der Waals surface area contributed by atoms with Crippen LogP contribution in [-0.2, 0) is 22.6 Å². The summed E-state index contributed by atoms with van der Waals surface area (Å²) in [6.45, 7) is 0.759. The van der Waals surface area contributed by atoms with Gasteiger partial charge >= 0.3 is 5.97 Å². The number of carboxylic acids is 1. The fourth-order valence-electron chi connectivity index (χ4n) is 4.06. The quantitative estimate of drug-likeness (QED) is 0.420. The maximum atomic E-state index is 13.8. The minimum absolute atomic E-state index is 0.0119. The first-order chi connectivity index (χ1) is 16.3. The number of halogens is 1. The minimum atomic E-state index is -0.870. The molecule has 6 nitrogen and oxygen atoms in total. The average molecular weight is 460 g/mol. The van der Waals surface area contributed by atoms with E-state index in [2.05, 4.69) is 15.5 Å². The van der Waals surface area contributed by atoms with Crippen molar-refractivity contribution in [2.75, 3.05) is 24.7 Å². The molecule has 34 heavy (non-hydrogen) atoms. The Bertz CT molecular complexity index is 1280. The second kappa shape index (κ2) is 9.89. The zero-order chi connectivity index (χ0) is 24.2. The lowest BCUT2D eigenvalue weighted by Crippen LogP contribution is -2.12. The van der Waals surface area contributed by atoms with E-state index in [-0.39, 0.29) is 12.3 Å². The molecule has 0 radical (unpaired) electrons. The first kappa shape index (κ1) is 23.2. The summed E-state index contributed by atoms with van der Waals surface area (Å²) in [5, 5.41) is 15.2. The Kier molecular flexibility index (Phi) is 6.75. The lowest BCUT2D eigenvalue weighted by atomic mass is 9.97. The fraction of sp³-hybridized carbons (Fsp3) is 0.185. The van der Waals surface area contributed by atoms with Gasteiger partial charge in [0.2, 0.25) is 0 Å². The van der Waals surface area contributed by atoms with Crippen molar-refractivity contribution >= 4 is 34.5 Å². The maximum Gasteiger partial charge on any atom is 0.303 e.